The molecule has 0 fully saturated rings. The van der Waals surface area contributed by atoms with Gasteiger partial charge in [0.2, 0.25) is 5.91 Å². The Balaban J connectivity index is 2.01. The molecule has 1 N–H and O–H groups in total. The molecule has 0 aliphatic rings. The number of rotatable bonds is 6. The Labute approximate surface area is 143 Å². The lowest BCUT2D eigenvalue weighted by atomic mass is 10.0. The second-order valence-electron chi connectivity index (χ2n) is 5.46. The lowest BCUT2D eigenvalue weighted by Crippen LogP contribution is -2.43. The fourth-order valence-corrected chi connectivity index (χ4v) is 3.84. The number of benzene rings is 1. The Morgan fingerprint density at radius 2 is 2.09 bits per heavy atom. The van der Waals surface area contributed by atoms with Crippen LogP contribution in [0.4, 0.5) is 0 Å². The third-order valence-electron chi connectivity index (χ3n) is 3.22. The largest absolute Gasteiger partial charge is 0.351 e. The van der Waals surface area contributed by atoms with E-state index in [9.17, 15) is 4.79 Å². The molecule has 1 aromatic carbocycles. The van der Waals surface area contributed by atoms with Gasteiger partial charge in [0.05, 0.1) is 11.4 Å². The molecular formula is C15H19N3OS3. The summed E-state index contributed by atoms with van der Waals surface area (Å²) < 4.78 is 3.22. The van der Waals surface area contributed by atoms with E-state index in [2.05, 4.69) is 17.3 Å². The molecule has 0 saturated carbocycles. The first-order chi connectivity index (χ1) is 10.4. The average Bonchev–Trinajstić information content (AvgIpc) is 2.87. The van der Waals surface area contributed by atoms with Crippen molar-refractivity contribution in [2.45, 2.75) is 37.1 Å². The molecule has 22 heavy (non-hydrogen) atoms. The summed E-state index contributed by atoms with van der Waals surface area (Å²) in [7, 11) is 0. The number of para-hydroxylation sites is 1. The Morgan fingerprint density at radius 3 is 2.73 bits per heavy atom. The lowest BCUT2D eigenvalue weighted by Gasteiger charge is -2.24. The smallest absolute Gasteiger partial charge is 0.230 e. The van der Waals surface area contributed by atoms with Gasteiger partial charge in [-0.25, -0.2) is 4.68 Å². The Bertz CT molecular complexity index is 692. The first-order valence-corrected chi connectivity index (χ1v) is 9.22. The van der Waals surface area contributed by atoms with Gasteiger partial charge in [0, 0.05) is 5.54 Å². The number of amides is 1. The fraction of sp³-hybridized carbons (Fsp3) is 0.400. The van der Waals surface area contributed by atoms with Gasteiger partial charge in [-0.3, -0.25) is 4.79 Å². The summed E-state index contributed by atoms with van der Waals surface area (Å²) in [5.74, 6) is 0.366. The molecule has 0 radical (unpaired) electrons. The van der Waals surface area contributed by atoms with Crippen molar-refractivity contribution in [3.8, 4) is 5.69 Å². The number of thioether (sulfide) groups is 1. The maximum atomic E-state index is 12.0. The minimum Gasteiger partial charge on any atom is -0.351 e. The van der Waals surface area contributed by atoms with Gasteiger partial charge in [0.25, 0.3) is 0 Å². The van der Waals surface area contributed by atoms with Crippen LogP contribution in [-0.2, 0) is 4.79 Å². The van der Waals surface area contributed by atoms with Gasteiger partial charge in [-0.15, -0.1) is 5.10 Å². The highest BCUT2D eigenvalue weighted by Gasteiger charge is 2.18. The molecule has 0 aliphatic carbocycles. The van der Waals surface area contributed by atoms with E-state index in [-0.39, 0.29) is 11.4 Å². The number of hydrogen-bond acceptors (Lipinski definition) is 5. The summed E-state index contributed by atoms with van der Waals surface area (Å²) in [6.45, 7) is 6.09. The molecule has 2 aromatic rings. The number of aromatic nitrogens is 2. The van der Waals surface area contributed by atoms with E-state index in [1.807, 2.05) is 44.2 Å². The first kappa shape index (κ1) is 17.2. The van der Waals surface area contributed by atoms with E-state index in [1.165, 1.54) is 23.1 Å². The molecule has 0 aliphatic heterocycles. The molecule has 0 saturated heterocycles. The molecule has 7 heteroatoms. The van der Waals surface area contributed by atoms with Crippen molar-refractivity contribution in [2.75, 3.05) is 5.75 Å². The summed E-state index contributed by atoms with van der Waals surface area (Å²) in [4.78, 5) is 12.0. The van der Waals surface area contributed by atoms with Crippen LogP contribution < -0.4 is 5.32 Å². The van der Waals surface area contributed by atoms with Crippen molar-refractivity contribution in [2.24, 2.45) is 0 Å². The van der Waals surface area contributed by atoms with E-state index in [4.69, 9.17) is 12.2 Å². The molecule has 0 atom stereocenters. The van der Waals surface area contributed by atoms with Gasteiger partial charge in [-0.1, -0.05) is 48.2 Å². The SMILES string of the molecule is CCC(C)(C)NC(=O)CSc1nn(-c2ccccc2)c(=S)s1. The molecule has 4 nitrogen and oxygen atoms in total. The van der Waals surface area contributed by atoms with Crippen molar-refractivity contribution in [1.29, 1.82) is 0 Å². The standard InChI is InChI=1S/C15H19N3OS3/c1-4-15(2,3)16-12(19)10-21-13-17-18(14(20)22-13)11-8-6-5-7-9-11/h5-9H,4,10H2,1-3H3,(H,16,19). The minimum absolute atomic E-state index is 0.0178. The van der Waals surface area contributed by atoms with Gasteiger partial charge in [-0.2, -0.15) is 0 Å². The summed E-state index contributed by atoms with van der Waals surface area (Å²) in [6, 6.07) is 9.77. The maximum Gasteiger partial charge on any atom is 0.230 e. The Morgan fingerprint density at radius 1 is 1.41 bits per heavy atom. The third-order valence-corrected chi connectivity index (χ3v) is 5.58. The molecular weight excluding hydrogens is 334 g/mol. The topological polar surface area (TPSA) is 46.9 Å². The molecule has 1 amide bonds. The van der Waals surface area contributed by atoms with Crippen LogP contribution in [0.2, 0.25) is 0 Å². The molecule has 1 aromatic heterocycles. The van der Waals surface area contributed by atoms with Crippen molar-refractivity contribution >= 4 is 41.2 Å². The highest BCUT2D eigenvalue weighted by molar-refractivity contribution is 8.01. The van der Waals surface area contributed by atoms with Crippen molar-refractivity contribution in [1.82, 2.24) is 15.1 Å². The molecule has 0 unspecified atom stereocenters. The normalized spacial score (nSPS) is 11.4. The predicted molar refractivity (Wildman–Crippen MR) is 95.5 cm³/mol. The fourth-order valence-electron chi connectivity index (χ4n) is 1.68. The third kappa shape index (κ3) is 4.66. The highest BCUT2D eigenvalue weighted by Crippen LogP contribution is 2.24. The second-order valence-corrected chi connectivity index (χ2v) is 8.30. The maximum absolute atomic E-state index is 12.0. The van der Waals surface area contributed by atoms with Gasteiger partial charge in [0.1, 0.15) is 0 Å². The molecule has 118 valence electrons. The second kappa shape index (κ2) is 7.39. The summed E-state index contributed by atoms with van der Waals surface area (Å²) in [6.07, 6.45) is 0.894. The zero-order chi connectivity index (χ0) is 16.2. The van der Waals surface area contributed by atoms with Crippen LogP contribution in [0.5, 0.6) is 0 Å². The van der Waals surface area contributed by atoms with E-state index >= 15 is 0 Å². The Hall–Kier alpha value is -1.18. The van der Waals surface area contributed by atoms with Crippen LogP contribution in [0.1, 0.15) is 27.2 Å². The average molecular weight is 354 g/mol. The number of nitrogens with one attached hydrogen (secondary N) is 1. The lowest BCUT2D eigenvalue weighted by molar-refractivity contribution is -0.120. The van der Waals surface area contributed by atoms with Gasteiger partial charge >= 0.3 is 0 Å². The number of hydrogen-bond donors (Lipinski definition) is 1. The molecule has 1 heterocycles. The minimum atomic E-state index is -0.173. The van der Waals surface area contributed by atoms with Gasteiger partial charge in [-0.05, 0) is 44.6 Å². The zero-order valence-electron chi connectivity index (χ0n) is 12.8. The van der Waals surface area contributed by atoms with Crippen LogP contribution in [0.15, 0.2) is 34.7 Å². The van der Waals surface area contributed by atoms with E-state index in [0.29, 0.717) is 9.71 Å². The number of nitrogens with zero attached hydrogens (tertiary/aromatic N) is 2. The highest BCUT2D eigenvalue weighted by atomic mass is 32.2. The van der Waals surface area contributed by atoms with Crippen LogP contribution in [0, 0.1) is 3.95 Å². The van der Waals surface area contributed by atoms with E-state index < -0.39 is 0 Å². The van der Waals surface area contributed by atoms with Crippen molar-refractivity contribution in [3.05, 3.63) is 34.3 Å². The van der Waals surface area contributed by atoms with E-state index in [0.717, 1.165) is 16.4 Å². The predicted octanol–water partition coefficient (Wildman–Crippen LogP) is 4.06. The van der Waals surface area contributed by atoms with Crippen molar-refractivity contribution < 1.29 is 4.79 Å². The van der Waals surface area contributed by atoms with Gasteiger partial charge < -0.3 is 5.32 Å². The van der Waals surface area contributed by atoms with E-state index in [1.54, 1.807) is 4.68 Å². The van der Waals surface area contributed by atoms with Crippen LogP contribution in [0.3, 0.4) is 0 Å². The van der Waals surface area contributed by atoms with Crippen LogP contribution >= 0.6 is 35.3 Å². The molecule has 0 spiro atoms. The summed E-state index contributed by atoms with van der Waals surface area (Å²) in [5.41, 5.74) is 0.764. The number of carbonyl (C=O) groups is 1. The number of carbonyl (C=O) groups excluding carboxylic acids is 1. The zero-order valence-corrected chi connectivity index (χ0v) is 15.3. The molecule has 2 rings (SSSR count). The Kier molecular flexibility index (Phi) is 5.77. The van der Waals surface area contributed by atoms with Crippen molar-refractivity contribution in [3.63, 3.8) is 0 Å². The van der Waals surface area contributed by atoms with Crippen LogP contribution in [0.25, 0.3) is 5.69 Å². The molecule has 0 bridgehead atoms. The quantitative estimate of drug-likeness (QED) is 0.628. The summed E-state index contributed by atoms with van der Waals surface area (Å²) in [5, 5.41) is 7.50. The monoisotopic (exact) mass is 353 g/mol. The van der Waals surface area contributed by atoms with Crippen LogP contribution in [-0.4, -0.2) is 27.0 Å². The first-order valence-electron chi connectivity index (χ1n) is 7.01. The summed E-state index contributed by atoms with van der Waals surface area (Å²) >= 11 is 8.19. The van der Waals surface area contributed by atoms with Gasteiger partial charge in [0.15, 0.2) is 8.29 Å².